The predicted octanol–water partition coefficient (Wildman–Crippen LogP) is 4.72. The maximum Gasteiger partial charge on any atom is 0.332 e. The van der Waals surface area contributed by atoms with Crippen LogP contribution >= 0.6 is 0 Å². The molecule has 2 aromatic carbocycles. The average molecular weight is 417 g/mol. The van der Waals surface area contributed by atoms with E-state index in [1.807, 2.05) is 29.3 Å². The molecule has 4 rings (SSSR count). The third kappa shape index (κ3) is 4.48. The Balaban J connectivity index is 1.58. The molecule has 31 heavy (non-hydrogen) atoms. The van der Waals surface area contributed by atoms with Gasteiger partial charge in [0.2, 0.25) is 0 Å². The van der Waals surface area contributed by atoms with Crippen molar-refractivity contribution >= 4 is 24.2 Å². The van der Waals surface area contributed by atoms with Gasteiger partial charge in [0.15, 0.2) is 6.29 Å². The number of fused-ring (bicyclic) bond motifs is 1. The van der Waals surface area contributed by atoms with Gasteiger partial charge in [-0.25, -0.2) is 9.59 Å². The fourth-order valence-corrected chi connectivity index (χ4v) is 3.98. The van der Waals surface area contributed by atoms with Crippen LogP contribution in [0.15, 0.2) is 60.9 Å². The van der Waals surface area contributed by atoms with Crippen molar-refractivity contribution in [3.8, 4) is 0 Å². The molecule has 2 aliphatic heterocycles. The molecule has 2 aromatic rings. The SMILES string of the molecule is CC(C)c1ccc(/C=C/c2ccccc2)c(CC(C)N2C=CN3C(=O)NC(=O)NC32)c1. The van der Waals surface area contributed by atoms with E-state index in [2.05, 4.69) is 73.9 Å². The van der Waals surface area contributed by atoms with Crippen LogP contribution < -0.4 is 10.6 Å². The van der Waals surface area contributed by atoms with Crippen molar-refractivity contribution in [2.75, 3.05) is 0 Å². The highest BCUT2D eigenvalue weighted by Crippen LogP contribution is 2.26. The number of imide groups is 1. The Bertz CT molecular complexity index is 1030. The summed E-state index contributed by atoms with van der Waals surface area (Å²) < 4.78 is 0. The smallest absolute Gasteiger partial charge is 0.332 e. The predicted molar refractivity (Wildman–Crippen MR) is 123 cm³/mol. The summed E-state index contributed by atoms with van der Waals surface area (Å²) in [6, 6.07) is 16.1. The second-order valence-electron chi connectivity index (χ2n) is 8.34. The zero-order valence-corrected chi connectivity index (χ0v) is 18.1. The van der Waals surface area contributed by atoms with Crippen LogP contribution in [0.2, 0.25) is 0 Å². The van der Waals surface area contributed by atoms with Gasteiger partial charge in [0.25, 0.3) is 0 Å². The second-order valence-corrected chi connectivity index (χ2v) is 8.34. The molecule has 2 N–H and O–H groups in total. The lowest BCUT2D eigenvalue weighted by Gasteiger charge is -2.38. The van der Waals surface area contributed by atoms with Crippen LogP contribution in [0.25, 0.3) is 12.2 Å². The molecule has 2 heterocycles. The third-order valence-electron chi connectivity index (χ3n) is 5.77. The van der Waals surface area contributed by atoms with Crippen molar-refractivity contribution in [3.05, 3.63) is 83.2 Å². The number of nitrogens with zero attached hydrogens (tertiary/aromatic N) is 2. The van der Waals surface area contributed by atoms with Crippen molar-refractivity contribution < 1.29 is 9.59 Å². The minimum Gasteiger partial charge on any atom is -0.336 e. The van der Waals surface area contributed by atoms with E-state index in [1.165, 1.54) is 21.6 Å². The van der Waals surface area contributed by atoms with Crippen LogP contribution in [0.1, 0.15) is 48.9 Å². The Labute approximate surface area is 183 Å². The molecule has 4 amide bonds. The number of hydrogen-bond donors (Lipinski definition) is 2. The van der Waals surface area contributed by atoms with Crippen LogP contribution in [0.3, 0.4) is 0 Å². The number of hydrogen-bond acceptors (Lipinski definition) is 3. The lowest BCUT2D eigenvalue weighted by Crippen LogP contribution is -2.65. The average Bonchev–Trinajstić information content (AvgIpc) is 3.17. The Morgan fingerprint density at radius 1 is 1.00 bits per heavy atom. The monoisotopic (exact) mass is 416 g/mol. The zero-order valence-electron chi connectivity index (χ0n) is 18.1. The number of nitrogens with one attached hydrogen (secondary N) is 2. The van der Waals surface area contributed by atoms with Crippen molar-refractivity contribution in [1.29, 1.82) is 0 Å². The molecule has 0 spiro atoms. The number of benzene rings is 2. The molecular formula is C25H28N4O2. The first-order chi connectivity index (χ1) is 14.9. The molecule has 6 nitrogen and oxygen atoms in total. The van der Waals surface area contributed by atoms with E-state index < -0.39 is 18.4 Å². The van der Waals surface area contributed by atoms with E-state index in [9.17, 15) is 9.59 Å². The molecule has 6 heteroatoms. The van der Waals surface area contributed by atoms with Crippen LogP contribution in [0.4, 0.5) is 9.59 Å². The fourth-order valence-electron chi connectivity index (χ4n) is 3.98. The Morgan fingerprint density at radius 2 is 1.77 bits per heavy atom. The summed E-state index contributed by atoms with van der Waals surface area (Å²) in [5.41, 5.74) is 4.86. The molecule has 2 unspecified atom stereocenters. The van der Waals surface area contributed by atoms with Crippen LogP contribution in [-0.2, 0) is 6.42 Å². The molecule has 1 saturated heterocycles. The van der Waals surface area contributed by atoms with E-state index >= 15 is 0 Å². The molecule has 0 saturated carbocycles. The zero-order chi connectivity index (χ0) is 22.0. The van der Waals surface area contributed by atoms with Crippen molar-refractivity contribution in [3.63, 3.8) is 0 Å². The van der Waals surface area contributed by atoms with E-state index in [-0.39, 0.29) is 6.04 Å². The Hall–Kier alpha value is -3.54. The van der Waals surface area contributed by atoms with Gasteiger partial charge in [0.1, 0.15) is 0 Å². The largest absolute Gasteiger partial charge is 0.336 e. The van der Waals surface area contributed by atoms with E-state index in [0.29, 0.717) is 5.92 Å². The van der Waals surface area contributed by atoms with E-state index in [1.54, 1.807) is 6.20 Å². The summed E-state index contributed by atoms with van der Waals surface area (Å²) >= 11 is 0. The standard InChI is InChI=1S/C25H28N4O2/c1-17(2)21-12-11-20(10-9-19-7-5-4-6-8-19)22(16-21)15-18(3)28-13-14-29-24(28)26-23(30)27-25(29)31/h4-14,16-18,24H,15H2,1-3H3,(H2,26,27,30,31)/b10-9+. The highest BCUT2D eigenvalue weighted by molar-refractivity contribution is 5.96. The minimum absolute atomic E-state index is 0.0729. The normalized spacial score (nSPS) is 19.0. The summed E-state index contributed by atoms with van der Waals surface area (Å²) in [6.07, 6.45) is 8.14. The fraction of sp³-hybridized carbons (Fsp3) is 0.280. The molecule has 0 radical (unpaired) electrons. The first-order valence-electron chi connectivity index (χ1n) is 10.6. The van der Waals surface area contributed by atoms with Gasteiger partial charge in [-0.1, -0.05) is 74.5 Å². The van der Waals surface area contributed by atoms with Gasteiger partial charge in [-0.05, 0) is 41.5 Å². The first-order valence-corrected chi connectivity index (χ1v) is 10.6. The van der Waals surface area contributed by atoms with Gasteiger partial charge >= 0.3 is 12.1 Å². The molecule has 1 fully saturated rings. The maximum absolute atomic E-state index is 12.1. The second kappa shape index (κ2) is 8.68. The molecular weight excluding hydrogens is 388 g/mol. The van der Waals surface area contributed by atoms with E-state index in [0.717, 1.165) is 12.0 Å². The summed E-state index contributed by atoms with van der Waals surface area (Å²) in [5, 5.41) is 5.09. The van der Waals surface area contributed by atoms with Gasteiger partial charge in [-0.15, -0.1) is 0 Å². The lowest BCUT2D eigenvalue weighted by atomic mass is 9.93. The highest BCUT2D eigenvalue weighted by atomic mass is 16.2. The molecule has 0 aromatic heterocycles. The van der Waals surface area contributed by atoms with Crippen LogP contribution in [0, 0.1) is 0 Å². The molecule has 2 aliphatic rings. The van der Waals surface area contributed by atoms with Gasteiger partial charge in [-0.2, -0.15) is 0 Å². The molecule has 2 atom stereocenters. The molecule has 0 bridgehead atoms. The van der Waals surface area contributed by atoms with Gasteiger partial charge in [-0.3, -0.25) is 15.5 Å². The highest BCUT2D eigenvalue weighted by Gasteiger charge is 2.38. The summed E-state index contributed by atoms with van der Waals surface area (Å²) in [5.74, 6) is 0.435. The summed E-state index contributed by atoms with van der Waals surface area (Å²) in [6.45, 7) is 6.50. The van der Waals surface area contributed by atoms with Gasteiger partial charge < -0.3 is 4.90 Å². The van der Waals surface area contributed by atoms with Crippen molar-refractivity contribution in [2.24, 2.45) is 0 Å². The number of urea groups is 2. The molecule has 0 aliphatic carbocycles. The van der Waals surface area contributed by atoms with Crippen molar-refractivity contribution in [2.45, 2.75) is 45.4 Å². The van der Waals surface area contributed by atoms with Crippen molar-refractivity contribution in [1.82, 2.24) is 20.4 Å². The Morgan fingerprint density at radius 3 is 2.52 bits per heavy atom. The van der Waals surface area contributed by atoms with Gasteiger partial charge in [0.05, 0.1) is 0 Å². The Kier molecular flexibility index (Phi) is 5.80. The lowest BCUT2D eigenvalue weighted by molar-refractivity contribution is 0.0970. The number of carbonyl (C=O) groups is 2. The molecule has 160 valence electrons. The van der Waals surface area contributed by atoms with Crippen LogP contribution in [0.5, 0.6) is 0 Å². The first kappa shape index (κ1) is 20.7. The summed E-state index contributed by atoms with van der Waals surface area (Å²) in [4.78, 5) is 27.4. The number of rotatable bonds is 6. The number of amides is 4. The quantitative estimate of drug-likeness (QED) is 0.670. The maximum atomic E-state index is 12.1. The minimum atomic E-state index is -0.493. The topological polar surface area (TPSA) is 64.7 Å². The van der Waals surface area contributed by atoms with Gasteiger partial charge in [0, 0.05) is 18.4 Å². The number of carbonyl (C=O) groups excluding carboxylic acids is 2. The summed E-state index contributed by atoms with van der Waals surface area (Å²) in [7, 11) is 0. The third-order valence-corrected chi connectivity index (χ3v) is 5.77. The van der Waals surface area contributed by atoms with Crippen LogP contribution in [-0.4, -0.2) is 34.2 Å². The van der Waals surface area contributed by atoms with E-state index in [4.69, 9.17) is 0 Å².